The minimum absolute atomic E-state index is 0.303. The molecule has 4 rings (SSSR count). The molecule has 5 N–H and O–H groups in total. The van der Waals surface area contributed by atoms with Crippen LogP contribution in [0.15, 0.2) is 18.0 Å². The molecule has 0 aromatic carbocycles. The lowest BCUT2D eigenvalue weighted by atomic mass is 9.79. The predicted molar refractivity (Wildman–Crippen MR) is 132 cm³/mol. The van der Waals surface area contributed by atoms with E-state index in [9.17, 15) is 4.79 Å². The number of allylic oxidation sites excluding steroid dienone is 1. The summed E-state index contributed by atoms with van der Waals surface area (Å²) in [5, 5.41) is 4.95. The Bertz CT molecular complexity index is 841. The summed E-state index contributed by atoms with van der Waals surface area (Å²) < 4.78 is 5.35. The number of nitrogens with two attached hydrogens (primary N) is 1. The number of nitrogens with zero attached hydrogens (tertiary/aromatic N) is 2. The highest BCUT2D eigenvalue weighted by atomic mass is 16.6. The molecule has 0 radical (unpaired) electrons. The Balaban J connectivity index is 1.17. The largest absolute Gasteiger partial charge is 0.444 e. The van der Waals surface area contributed by atoms with Gasteiger partial charge in [-0.15, -0.1) is 0 Å². The number of piperidine rings is 1. The van der Waals surface area contributed by atoms with Crippen molar-refractivity contribution in [1.29, 1.82) is 0 Å². The highest BCUT2D eigenvalue weighted by Gasteiger charge is 2.30. The summed E-state index contributed by atoms with van der Waals surface area (Å²) in [6.07, 6.45) is 8.78. The molecular weight excluding hydrogens is 416 g/mol. The maximum atomic E-state index is 11.9. The summed E-state index contributed by atoms with van der Waals surface area (Å²) >= 11 is 0. The van der Waals surface area contributed by atoms with E-state index in [1.807, 2.05) is 39.0 Å². The minimum Gasteiger partial charge on any atom is -0.444 e. The highest BCUT2D eigenvalue weighted by Crippen LogP contribution is 2.38. The lowest BCUT2D eigenvalue weighted by molar-refractivity contribution is 0.0507. The predicted octanol–water partition coefficient (Wildman–Crippen LogP) is 3.64. The molecule has 8 heteroatoms. The van der Waals surface area contributed by atoms with E-state index in [4.69, 9.17) is 10.5 Å². The molecule has 0 atom stereocenters. The Morgan fingerprint density at radius 2 is 1.85 bits per heavy atom. The van der Waals surface area contributed by atoms with E-state index in [1.54, 1.807) is 0 Å². The first-order chi connectivity index (χ1) is 15.7. The molecule has 2 aliphatic heterocycles. The fraction of sp³-hybridized carbons (Fsp3) is 0.720. The number of aromatic amines is 1. The van der Waals surface area contributed by atoms with Gasteiger partial charge in [0.2, 0.25) is 0 Å². The van der Waals surface area contributed by atoms with Gasteiger partial charge in [0.15, 0.2) is 0 Å². The highest BCUT2D eigenvalue weighted by molar-refractivity contribution is 5.81. The number of carbonyl (C=O) groups is 1. The molecule has 0 spiro atoms. The van der Waals surface area contributed by atoms with Gasteiger partial charge in [-0.1, -0.05) is 0 Å². The van der Waals surface area contributed by atoms with Crippen molar-refractivity contribution in [1.82, 2.24) is 20.6 Å². The van der Waals surface area contributed by atoms with Gasteiger partial charge in [0.1, 0.15) is 11.4 Å². The lowest BCUT2D eigenvalue weighted by Gasteiger charge is -2.37. The van der Waals surface area contributed by atoms with Gasteiger partial charge in [-0.3, -0.25) is 10.4 Å². The normalized spacial score (nSPS) is 26.0. The number of ether oxygens (including phenoxy) is 1. The Kier molecular flexibility index (Phi) is 7.12. The van der Waals surface area contributed by atoms with Crippen molar-refractivity contribution in [3.8, 4) is 0 Å². The van der Waals surface area contributed by atoms with Gasteiger partial charge < -0.3 is 25.7 Å². The van der Waals surface area contributed by atoms with E-state index in [1.165, 1.54) is 37.8 Å². The quantitative estimate of drug-likeness (QED) is 0.538. The third-order valence-electron chi connectivity index (χ3n) is 7.34. The first kappa shape index (κ1) is 23.8. The number of nitrogens with one attached hydrogen (secondary N) is 3. The van der Waals surface area contributed by atoms with Gasteiger partial charge in [-0.2, -0.15) is 0 Å². The van der Waals surface area contributed by atoms with Gasteiger partial charge in [0, 0.05) is 43.5 Å². The van der Waals surface area contributed by atoms with E-state index >= 15 is 0 Å². The van der Waals surface area contributed by atoms with Crippen LogP contribution in [-0.2, 0) is 4.74 Å². The van der Waals surface area contributed by atoms with Crippen LogP contribution < -0.4 is 21.5 Å². The van der Waals surface area contributed by atoms with Gasteiger partial charge in [0.25, 0.3) is 0 Å². The number of aromatic nitrogens is 1. The van der Waals surface area contributed by atoms with Crippen molar-refractivity contribution in [3.05, 3.63) is 23.5 Å². The van der Waals surface area contributed by atoms with Crippen LogP contribution in [0.3, 0.4) is 0 Å². The van der Waals surface area contributed by atoms with Gasteiger partial charge in [-0.05, 0) is 90.3 Å². The molecule has 8 nitrogen and oxygen atoms in total. The fourth-order valence-corrected chi connectivity index (χ4v) is 5.48. The molecule has 1 aliphatic carbocycles. The molecule has 1 aromatic rings. The molecule has 3 heterocycles. The molecular formula is C25H42N6O2. The maximum Gasteiger partial charge on any atom is 0.407 e. The molecule has 0 unspecified atom stereocenters. The minimum atomic E-state index is -0.442. The van der Waals surface area contributed by atoms with Gasteiger partial charge in [0.05, 0.1) is 5.70 Å². The monoisotopic (exact) mass is 458 g/mol. The molecule has 2 fully saturated rings. The Morgan fingerprint density at radius 1 is 1.15 bits per heavy atom. The van der Waals surface area contributed by atoms with Crippen LogP contribution >= 0.6 is 0 Å². The topological polar surface area (TPSA) is 98.7 Å². The number of H-pyrrole nitrogens is 1. The SMILES string of the molecule is CN1N/C(=C(\N)C2CCC(CN3CCC(CNC(=O)OC(C)(C)C)CC3)CC2)c2cc[nH]c21. The maximum absolute atomic E-state index is 11.9. The van der Waals surface area contributed by atoms with Crippen LogP contribution in [0, 0.1) is 17.8 Å². The number of fused-ring (bicyclic) bond motifs is 1. The zero-order valence-electron chi connectivity index (χ0n) is 20.7. The average Bonchev–Trinajstić information content (AvgIpc) is 3.36. The van der Waals surface area contributed by atoms with Crippen LogP contribution in [0.1, 0.15) is 64.9 Å². The molecule has 184 valence electrons. The molecule has 3 aliphatic rings. The summed E-state index contributed by atoms with van der Waals surface area (Å²) in [6.45, 7) is 9.84. The van der Waals surface area contributed by atoms with Gasteiger partial charge >= 0.3 is 6.09 Å². The van der Waals surface area contributed by atoms with E-state index in [0.29, 0.717) is 18.4 Å². The third kappa shape index (κ3) is 5.96. The summed E-state index contributed by atoms with van der Waals surface area (Å²) in [5.74, 6) is 2.86. The number of likely N-dealkylation sites (tertiary alicyclic amines) is 1. The van der Waals surface area contributed by atoms with Crippen LogP contribution in [0.5, 0.6) is 0 Å². The van der Waals surface area contributed by atoms with Crippen LogP contribution in [0.4, 0.5) is 10.6 Å². The van der Waals surface area contributed by atoms with Crippen LogP contribution in [0.2, 0.25) is 0 Å². The lowest BCUT2D eigenvalue weighted by Crippen LogP contribution is -2.42. The van der Waals surface area contributed by atoms with Crippen molar-refractivity contribution < 1.29 is 9.53 Å². The van der Waals surface area contributed by atoms with Crippen molar-refractivity contribution >= 4 is 17.6 Å². The van der Waals surface area contributed by atoms with Crippen molar-refractivity contribution in [3.63, 3.8) is 0 Å². The van der Waals surface area contributed by atoms with E-state index in [0.717, 1.165) is 49.1 Å². The second-order valence-corrected chi connectivity index (χ2v) is 11.1. The third-order valence-corrected chi connectivity index (χ3v) is 7.34. The fourth-order valence-electron chi connectivity index (χ4n) is 5.48. The van der Waals surface area contributed by atoms with E-state index in [2.05, 4.69) is 26.7 Å². The summed E-state index contributed by atoms with van der Waals surface area (Å²) in [7, 11) is 2.02. The van der Waals surface area contributed by atoms with E-state index in [-0.39, 0.29) is 6.09 Å². The molecule has 1 amide bonds. The average molecular weight is 459 g/mol. The Hall–Kier alpha value is -2.35. The molecule has 1 saturated carbocycles. The number of anilines is 1. The number of amides is 1. The number of hydrogen-bond donors (Lipinski definition) is 4. The first-order valence-electron chi connectivity index (χ1n) is 12.6. The summed E-state index contributed by atoms with van der Waals surface area (Å²) in [6, 6.07) is 2.10. The zero-order valence-corrected chi connectivity index (χ0v) is 20.7. The second-order valence-electron chi connectivity index (χ2n) is 11.1. The van der Waals surface area contributed by atoms with Crippen molar-refractivity contribution in [2.45, 2.75) is 64.9 Å². The standard InChI is InChI=1S/C25H42N6O2/c1-25(2,3)33-24(32)28-15-17-10-13-31(14-11-17)16-18-5-7-19(8-6-18)21(26)22-20-9-12-27-23(20)30(4)29-22/h9,12,17-19,27,29H,5-8,10-11,13-16,26H2,1-4H3,(H,28,32)/b22-21-. The second kappa shape index (κ2) is 9.87. The number of carbonyl (C=O) groups excluding carboxylic acids is 1. The summed E-state index contributed by atoms with van der Waals surface area (Å²) in [5.41, 5.74) is 12.9. The van der Waals surface area contributed by atoms with Gasteiger partial charge in [-0.25, -0.2) is 4.79 Å². The number of rotatable bonds is 5. The smallest absolute Gasteiger partial charge is 0.407 e. The Morgan fingerprint density at radius 3 is 2.52 bits per heavy atom. The van der Waals surface area contributed by atoms with Crippen LogP contribution in [0.25, 0.3) is 5.70 Å². The summed E-state index contributed by atoms with van der Waals surface area (Å²) in [4.78, 5) is 17.8. The molecule has 33 heavy (non-hydrogen) atoms. The number of alkyl carbamates (subject to hydrolysis) is 1. The van der Waals surface area contributed by atoms with Crippen molar-refractivity contribution in [2.75, 3.05) is 38.2 Å². The first-order valence-corrected chi connectivity index (χ1v) is 12.6. The van der Waals surface area contributed by atoms with Crippen molar-refractivity contribution in [2.24, 2.45) is 23.5 Å². The Labute approximate surface area is 198 Å². The molecule has 1 saturated heterocycles. The zero-order chi connectivity index (χ0) is 23.6. The molecule has 0 bridgehead atoms. The number of hydrogen-bond acceptors (Lipinski definition) is 6. The number of hydrazine groups is 1. The molecule has 1 aromatic heterocycles. The van der Waals surface area contributed by atoms with Crippen LogP contribution in [-0.4, -0.2) is 54.8 Å². The van der Waals surface area contributed by atoms with E-state index < -0.39 is 5.60 Å².